The van der Waals surface area contributed by atoms with Gasteiger partial charge in [-0.15, -0.1) is 0 Å². The summed E-state index contributed by atoms with van der Waals surface area (Å²) < 4.78 is 10.4. The van der Waals surface area contributed by atoms with E-state index in [1.807, 2.05) is 45.0 Å². The molecule has 1 amide bonds. The summed E-state index contributed by atoms with van der Waals surface area (Å²) in [6.45, 7) is 6.78. The number of hydrogen-bond donors (Lipinski definition) is 2. The number of hydrogen-bond acceptors (Lipinski definition) is 5. The molecule has 1 fully saturated rings. The van der Waals surface area contributed by atoms with Crippen LogP contribution in [0, 0.1) is 0 Å². The molecule has 0 saturated carbocycles. The number of rotatable bonds is 6. The van der Waals surface area contributed by atoms with E-state index in [9.17, 15) is 9.90 Å². The van der Waals surface area contributed by atoms with Gasteiger partial charge in [-0.05, 0) is 44.9 Å². The first kappa shape index (κ1) is 21.0. The fourth-order valence-corrected chi connectivity index (χ4v) is 3.19. The Morgan fingerprint density at radius 3 is 2.81 bits per heavy atom. The normalized spacial score (nSPS) is 20.1. The molecule has 0 unspecified atom stereocenters. The third kappa shape index (κ3) is 6.43. The first-order valence-electron chi connectivity index (χ1n) is 8.88. The first-order valence-corrected chi connectivity index (χ1v) is 9.26. The lowest BCUT2D eigenvalue weighted by atomic mass is 10.0. The fraction of sp³-hybridized carbons (Fsp3) is 0.632. The second-order valence-electron chi connectivity index (χ2n) is 7.61. The lowest BCUT2D eigenvalue weighted by Crippen LogP contribution is -2.40. The Labute approximate surface area is 160 Å². The molecular formula is C19H29ClN2O4. The van der Waals surface area contributed by atoms with Crippen molar-refractivity contribution in [3.05, 3.63) is 34.9 Å². The largest absolute Gasteiger partial charge is 0.444 e. The Hall–Kier alpha value is -1.34. The van der Waals surface area contributed by atoms with E-state index in [0.29, 0.717) is 24.5 Å². The zero-order valence-electron chi connectivity index (χ0n) is 15.9. The molecule has 26 heavy (non-hydrogen) atoms. The van der Waals surface area contributed by atoms with Crippen LogP contribution in [0.4, 0.5) is 4.79 Å². The van der Waals surface area contributed by atoms with Crippen molar-refractivity contribution in [1.82, 2.24) is 10.2 Å². The van der Waals surface area contributed by atoms with Crippen LogP contribution in [0.5, 0.6) is 0 Å². The van der Waals surface area contributed by atoms with Gasteiger partial charge in [-0.3, -0.25) is 0 Å². The van der Waals surface area contributed by atoms with E-state index in [2.05, 4.69) is 5.32 Å². The number of amides is 1. The van der Waals surface area contributed by atoms with Gasteiger partial charge in [0.25, 0.3) is 0 Å². The van der Waals surface area contributed by atoms with Gasteiger partial charge in [0.15, 0.2) is 6.29 Å². The van der Waals surface area contributed by atoms with Crippen molar-refractivity contribution in [2.45, 2.75) is 57.6 Å². The molecule has 2 N–H and O–H groups in total. The highest BCUT2D eigenvalue weighted by atomic mass is 35.5. The Morgan fingerprint density at radius 1 is 1.46 bits per heavy atom. The minimum atomic E-state index is -0.880. The van der Waals surface area contributed by atoms with Crippen LogP contribution < -0.4 is 5.32 Å². The van der Waals surface area contributed by atoms with E-state index < -0.39 is 11.9 Å². The van der Waals surface area contributed by atoms with E-state index in [1.165, 1.54) is 7.11 Å². The predicted molar refractivity (Wildman–Crippen MR) is 101 cm³/mol. The number of carbonyl (C=O) groups is 1. The van der Waals surface area contributed by atoms with Gasteiger partial charge in [-0.2, -0.15) is 0 Å². The molecule has 7 heteroatoms. The Balaban J connectivity index is 2.01. The topological polar surface area (TPSA) is 71.0 Å². The second-order valence-corrected chi connectivity index (χ2v) is 8.05. The van der Waals surface area contributed by atoms with E-state index >= 15 is 0 Å². The predicted octanol–water partition coefficient (Wildman–Crippen LogP) is 3.34. The van der Waals surface area contributed by atoms with Crippen LogP contribution in [0.15, 0.2) is 24.3 Å². The van der Waals surface area contributed by atoms with E-state index in [4.69, 9.17) is 21.1 Å². The van der Waals surface area contributed by atoms with Crippen molar-refractivity contribution in [3.8, 4) is 0 Å². The molecule has 1 aromatic rings. The summed E-state index contributed by atoms with van der Waals surface area (Å²) in [7, 11) is 1.47. The van der Waals surface area contributed by atoms with Gasteiger partial charge in [0.2, 0.25) is 0 Å². The maximum Gasteiger partial charge on any atom is 0.410 e. The summed E-state index contributed by atoms with van der Waals surface area (Å²) in [4.78, 5) is 13.9. The maximum atomic E-state index is 12.2. The zero-order chi connectivity index (χ0) is 19.3. The quantitative estimate of drug-likeness (QED) is 0.736. The lowest BCUT2D eigenvalue weighted by Gasteiger charge is -2.27. The molecule has 0 spiro atoms. The molecule has 1 aromatic carbocycles. The highest BCUT2D eigenvalue weighted by Crippen LogP contribution is 2.25. The summed E-state index contributed by atoms with van der Waals surface area (Å²) >= 11 is 6.11. The van der Waals surface area contributed by atoms with Gasteiger partial charge in [-0.25, -0.2) is 4.79 Å². The minimum Gasteiger partial charge on any atom is -0.444 e. The van der Waals surface area contributed by atoms with Crippen LogP contribution in [0.25, 0.3) is 0 Å². The van der Waals surface area contributed by atoms with E-state index in [-0.39, 0.29) is 18.2 Å². The first-order chi connectivity index (χ1) is 12.2. The summed E-state index contributed by atoms with van der Waals surface area (Å²) in [5, 5.41) is 14.1. The molecule has 0 bridgehead atoms. The smallest absolute Gasteiger partial charge is 0.410 e. The number of nitrogens with zero attached hydrogens (tertiary/aromatic N) is 1. The van der Waals surface area contributed by atoms with Crippen LogP contribution >= 0.6 is 11.6 Å². The summed E-state index contributed by atoms with van der Waals surface area (Å²) in [5.41, 5.74) is 0.471. The molecule has 1 aliphatic heterocycles. The molecule has 2 rings (SSSR count). The number of aliphatic hydroxyl groups is 1. The zero-order valence-corrected chi connectivity index (χ0v) is 16.6. The molecule has 0 radical (unpaired) electrons. The van der Waals surface area contributed by atoms with Gasteiger partial charge in [0.05, 0.1) is 0 Å². The Morgan fingerprint density at radius 2 is 2.19 bits per heavy atom. The van der Waals surface area contributed by atoms with Crippen LogP contribution in [0.1, 0.15) is 45.2 Å². The standard InChI is InChI=1S/C19H29ClN2O4/c1-19(2,3)26-18(24)22-9-8-15(12-22)21-16(11-17(23)25-4)13-6-5-7-14(20)10-13/h5-7,10,15-17,21,23H,8-9,11-12H2,1-4H3/t15-,16-,17-/m1/s1. The van der Waals surface area contributed by atoms with Gasteiger partial charge >= 0.3 is 6.09 Å². The molecule has 0 aromatic heterocycles. The maximum absolute atomic E-state index is 12.2. The number of methoxy groups -OCH3 is 1. The molecular weight excluding hydrogens is 356 g/mol. The van der Waals surface area contributed by atoms with Crippen molar-refractivity contribution >= 4 is 17.7 Å². The molecule has 6 nitrogen and oxygen atoms in total. The monoisotopic (exact) mass is 384 g/mol. The number of nitrogens with one attached hydrogen (secondary N) is 1. The summed E-state index contributed by atoms with van der Waals surface area (Å²) in [6, 6.07) is 7.51. The Bertz CT molecular complexity index is 605. The van der Waals surface area contributed by atoms with Gasteiger partial charge in [0.1, 0.15) is 5.60 Å². The highest BCUT2D eigenvalue weighted by Gasteiger charge is 2.31. The molecule has 3 atom stereocenters. The van der Waals surface area contributed by atoms with E-state index in [1.54, 1.807) is 4.90 Å². The summed E-state index contributed by atoms with van der Waals surface area (Å²) in [5.74, 6) is 0. The van der Waals surface area contributed by atoms with Crippen LogP contribution in [-0.4, -0.2) is 54.2 Å². The third-order valence-corrected chi connectivity index (χ3v) is 4.47. The van der Waals surface area contributed by atoms with Crippen LogP contribution in [0.3, 0.4) is 0 Å². The minimum absolute atomic E-state index is 0.107. The summed E-state index contributed by atoms with van der Waals surface area (Å²) in [6.07, 6.45) is 0.0342. The van der Waals surface area contributed by atoms with Gasteiger partial charge in [-0.1, -0.05) is 23.7 Å². The number of halogens is 1. The Kier molecular flexibility index (Phi) is 7.29. The van der Waals surface area contributed by atoms with Crippen molar-refractivity contribution in [1.29, 1.82) is 0 Å². The van der Waals surface area contributed by atoms with Crippen molar-refractivity contribution in [3.63, 3.8) is 0 Å². The number of likely N-dealkylation sites (tertiary alicyclic amines) is 1. The van der Waals surface area contributed by atoms with Crippen molar-refractivity contribution < 1.29 is 19.4 Å². The molecule has 0 aliphatic carbocycles. The second kappa shape index (κ2) is 9.04. The van der Waals surface area contributed by atoms with Crippen LogP contribution in [0.2, 0.25) is 5.02 Å². The van der Waals surface area contributed by atoms with E-state index in [0.717, 1.165) is 12.0 Å². The average molecular weight is 385 g/mol. The highest BCUT2D eigenvalue weighted by molar-refractivity contribution is 6.30. The van der Waals surface area contributed by atoms with Crippen LogP contribution in [-0.2, 0) is 9.47 Å². The number of ether oxygens (including phenoxy) is 2. The third-order valence-electron chi connectivity index (χ3n) is 4.24. The number of carbonyl (C=O) groups excluding carboxylic acids is 1. The van der Waals surface area contributed by atoms with Crippen molar-refractivity contribution in [2.75, 3.05) is 20.2 Å². The van der Waals surface area contributed by atoms with Crippen molar-refractivity contribution in [2.24, 2.45) is 0 Å². The SMILES string of the molecule is CO[C@@H](O)C[C@@H](N[C@@H]1CCN(C(=O)OC(C)(C)C)C1)c1cccc(Cl)c1. The molecule has 1 heterocycles. The van der Waals surface area contributed by atoms with Gasteiger partial charge in [0, 0.05) is 43.7 Å². The number of benzene rings is 1. The van der Waals surface area contributed by atoms with Gasteiger partial charge < -0.3 is 24.8 Å². The number of aliphatic hydroxyl groups excluding tert-OH is 1. The molecule has 1 aliphatic rings. The lowest BCUT2D eigenvalue weighted by molar-refractivity contribution is -0.0842. The fourth-order valence-electron chi connectivity index (χ4n) is 2.99. The molecule has 1 saturated heterocycles. The average Bonchev–Trinajstić information content (AvgIpc) is 3.01. The molecule has 146 valence electrons.